The van der Waals surface area contributed by atoms with Crippen molar-refractivity contribution in [2.75, 3.05) is 0 Å². The third kappa shape index (κ3) is 4.95. The maximum Gasteiger partial charge on any atom is 0.240 e. The number of hydrogen-bond acceptors (Lipinski definition) is 3. The fourth-order valence-corrected chi connectivity index (χ4v) is 3.82. The Balaban J connectivity index is 1.96. The van der Waals surface area contributed by atoms with Gasteiger partial charge >= 0.3 is 0 Å². The minimum Gasteiger partial charge on any atom is -0.207 e. The number of benzene rings is 1. The van der Waals surface area contributed by atoms with Gasteiger partial charge in [-0.1, -0.05) is 38.0 Å². The van der Waals surface area contributed by atoms with Gasteiger partial charge in [0.25, 0.3) is 0 Å². The molecule has 1 heterocycles. The van der Waals surface area contributed by atoms with Gasteiger partial charge in [-0.05, 0) is 42.0 Å². The molecule has 0 aliphatic heterocycles. The number of hydrogen-bond donors (Lipinski definition) is 1. The minimum atomic E-state index is -3.42. The Morgan fingerprint density at radius 2 is 1.86 bits per heavy atom. The van der Waals surface area contributed by atoms with E-state index in [0.717, 1.165) is 17.7 Å². The first-order valence-corrected chi connectivity index (χ1v) is 9.59. The summed E-state index contributed by atoms with van der Waals surface area (Å²) in [6.45, 7) is 2.52. The zero-order valence-corrected chi connectivity index (χ0v) is 13.8. The van der Waals surface area contributed by atoms with Crippen molar-refractivity contribution in [2.45, 2.75) is 44.0 Å². The highest BCUT2D eigenvalue weighted by atomic mass is 32.2. The maximum absolute atomic E-state index is 12.2. The van der Waals surface area contributed by atoms with Crippen LogP contribution in [0.3, 0.4) is 0 Å². The van der Waals surface area contributed by atoms with Gasteiger partial charge in [0.1, 0.15) is 0 Å². The van der Waals surface area contributed by atoms with Crippen LogP contribution in [0.1, 0.15) is 36.6 Å². The first-order valence-electron chi connectivity index (χ1n) is 7.23. The molecule has 0 saturated carbocycles. The van der Waals surface area contributed by atoms with Gasteiger partial charge in [-0.2, -0.15) is 0 Å². The van der Waals surface area contributed by atoms with Crippen LogP contribution < -0.4 is 4.72 Å². The molecule has 21 heavy (non-hydrogen) atoms. The summed E-state index contributed by atoms with van der Waals surface area (Å²) in [5.74, 6) is 0. The maximum atomic E-state index is 12.2. The van der Waals surface area contributed by atoms with E-state index in [1.165, 1.54) is 18.4 Å². The number of aryl methyl sites for hydroxylation is 1. The normalized spacial score (nSPS) is 11.7. The minimum absolute atomic E-state index is 0.332. The van der Waals surface area contributed by atoms with Crippen molar-refractivity contribution < 1.29 is 8.42 Å². The summed E-state index contributed by atoms with van der Waals surface area (Å²) in [5, 5.41) is 1.94. The van der Waals surface area contributed by atoms with E-state index < -0.39 is 10.0 Å². The fourth-order valence-electron chi connectivity index (χ4n) is 2.08. The lowest BCUT2D eigenvalue weighted by Gasteiger charge is -2.07. The van der Waals surface area contributed by atoms with Crippen LogP contribution in [-0.4, -0.2) is 8.42 Å². The van der Waals surface area contributed by atoms with Gasteiger partial charge < -0.3 is 0 Å². The van der Waals surface area contributed by atoms with E-state index in [0.29, 0.717) is 11.4 Å². The van der Waals surface area contributed by atoms with Crippen LogP contribution in [0.4, 0.5) is 0 Å². The molecule has 0 unspecified atom stereocenters. The second-order valence-electron chi connectivity index (χ2n) is 5.00. The molecule has 0 aliphatic rings. The van der Waals surface area contributed by atoms with E-state index in [4.69, 9.17) is 0 Å². The van der Waals surface area contributed by atoms with Crippen LogP contribution in [-0.2, 0) is 23.0 Å². The highest BCUT2D eigenvalue weighted by molar-refractivity contribution is 7.89. The quantitative estimate of drug-likeness (QED) is 0.747. The van der Waals surface area contributed by atoms with Crippen LogP contribution in [0.5, 0.6) is 0 Å². The summed E-state index contributed by atoms with van der Waals surface area (Å²) < 4.78 is 27.0. The van der Waals surface area contributed by atoms with E-state index in [-0.39, 0.29) is 0 Å². The largest absolute Gasteiger partial charge is 0.240 e. The van der Waals surface area contributed by atoms with E-state index in [9.17, 15) is 8.42 Å². The molecule has 2 rings (SSSR count). The number of nitrogens with one attached hydrogen (secondary N) is 1. The summed E-state index contributed by atoms with van der Waals surface area (Å²) in [6, 6.07) is 11.0. The van der Waals surface area contributed by atoms with Crippen molar-refractivity contribution in [3.05, 3.63) is 52.2 Å². The van der Waals surface area contributed by atoms with Crippen LogP contribution in [0.15, 0.2) is 46.7 Å². The van der Waals surface area contributed by atoms with E-state index in [1.54, 1.807) is 23.5 Å². The molecule has 5 heteroatoms. The van der Waals surface area contributed by atoms with Gasteiger partial charge in [0.15, 0.2) is 0 Å². The van der Waals surface area contributed by atoms with Gasteiger partial charge in [-0.15, -0.1) is 11.3 Å². The summed E-state index contributed by atoms with van der Waals surface area (Å²) >= 11 is 1.55. The Hall–Kier alpha value is -1.17. The Labute approximate surface area is 131 Å². The average Bonchev–Trinajstić information content (AvgIpc) is 3.00. The second kappa shape index (κ2) is 7.73. The molecule has 1 aromatic carbocycles. The Kier molecular flexibility index (Phi) is 5.96. The first kappa shape index (κ1) is 16.2. The molecule has 0 atom stereocenters. The number of unbranched alkanes of at least 4 members (excludes halogenated alkanes) is 2. The lowest BCUT2D eigenvalue weighted by atomic mass is 10.1. The zero-order chi connectivity index (χ0) is 15.1. The van der Waals surface area contributed by atoms with E-state index in [2.05, 4.69) is 11.6 Å². The van der Waals surface area contributed by atoms with Crippen LogP contribution >= 0.6 is 11.3 Å². The molecule has 0 saturated heterocycles. The van der Waals surface area contributed by atoms with Crippen molar-refractivity contribution in [2.24, 2.45) is 0 Å². The molecule has 0 fully saturated rings. The highest BCUT2D eigenvalue weighted by Gasteiger charge is 2.13. The molecular weight excluding hydrogens is 302 g/mol. The lowest BCUT2D eigenvalue weighted by molar-refractivity contribution is 0.582. The number of rotatable bonds is 8. The van der Waals surface area contributed by atoms with Gasteiger partial charge in [-0.3, -0.25) is 0 Å². The molecule has 1 aromatic heterocycles. The molecule has 114 valence electrons. The van der Waals surface area contributed by atoms with Crippen molar-refractivity contribution >= 4 is 21.4 Å². The first-order chi connectivity index (χ1) is 10.1. The molecular formula is C16H21NO2S2. The molecule has 3 nitrogen and oxygen atoms in total. The topological polar surface area (TPSA) is 46.2 Å². The van der Waals surface area contributed by atoms with Crippen molar-refractivity contribution in [3.8, 4) is 0 Å². The molecule has 2 aromatic rings. The predicted molar refractivity (Wildman–Crippen MR) is 88.0 cm³/mol. The van der Waals surface area contributed by atoms with Crippen LogP contribution in [0, 0.1) is 0 Å². The highest BCUT2D eigenvalue weighted by Crippen LogP contribution is 2.14. The second-order valence-corrected chi connectivity index (χ2v) is 7.80. The molecule has 0 radical (unpaired) electrons. The van der Waals surface area contributed by atoms with Crippen LogP contribution in [0.2, 0.25) is 0 Å². The summed E-state index contributed by atoms with van der Waals surface area (Å²) in [5.41, 5.74) is 1.20. The smallest absolute Gasteiger partial charge is 0.207 e. The molecule has 0 aliphatic carbocycles. The predicted octanol–water partition coefficient (Wildman–Crippen LogP) is 3.96. The van der Waals surface area contributed by atoms with Gasteiger partial charge in [0, 0.05) is 11.4 Å². The van der Waals surface area contributed by atoms with Gasteiger partial charge in [0.05, 0.1) is 4.90 Å². The van der Waals surface area contributed by atoms with Gasteiger partial charge in [-0.25, -0.2) is 13.1 Å². The molecule has 0 spiro atoms. The zero-order valence-electron chi connectivity index (χ0n) is 12.2. The SMILES string of the molecule is CCCCCc1ccc(S(=O)(=O)NCc2cccs2)cc1. The Morgan fingerprint density at radius 3 is 2.48 bits per heavy atom. The molecule has 0 amide bonds. The third-order valence-electron chi connectivity index (χ3n) is 3.32. The molecule has 1 N–H and O–H groups in total. The standard InChI is InChI=1S/C16H21NO2S2/c1-2-3-4-6-14-8-10-16(11-9-14)21(18,19)17-13-15-7-5-12-20-15/h5,7-12,17H,2-4,6,13H2,1H3. The third-order valence-corrected chi connectivity index (χ3v) is 5.61. The summed E-state index contributed by atoms with van der Waals surface area (Å²) in [6.07, 6.45) is 4.57. The van der Waals surface area contributed by atoms with Crippen molar-refractivity contribution in [3.63, 3.8) is 0 Å². The fraction of sp³-hybridized carbons (Fsp3) is 0.375. The Morgan fingerprint density at radius 1 is 1.10 bits per heavy atom. The van der Waals surface area contributed by atoms with E-state index >= 15 is 0 Å². The van der Waals surface area contributed by atoms with Gasteiger partial charge in [0.2, 0.25) is 10.0 Å². The van der Waals surface area contributed by atoms with Crippen molar-refractivity contribution in [1.29, 1.82) is 0 Å². The summed E-state index contributed by atoms with van der Waals surface area (Å²) in [7, 11) is -3.42. The average molecular weight is 323 g/mol. The lowest BCUT2D eigenvalue weighted by Crippen LogP contribution is -2.22. The van der Waals surface area contributed by atoms with E-state index in [1.807, 2.05) is 29.6 Å². The summed E-state index contributed by atoms with van der Waals surface area (Å²) in [4.78, 5) is 1.34. The number of sulfonamides is 1. The molecule has 0 bridgehead atoms. The Bertz CT molecular complexity index is 631. The van der Waals surface area contributed by atoms with Crippen LogP contribution in [0.25, 0.3) is 0 Å². The van der Waals surface area contributed by atoms with Crippen molar-refractivity contribution in [1.82, 2.24) is 4.72 Å². The number of thiophene rings is 1. The monoisotopic (exact) mass is 323 g/mol.